The molecule has 1 aliphatic heterocycles. The van der Waals surface area contributed by atoms with Crippen LogP contribution in [0.2, 0.25) is 5.02 Å². The molecule has 3 heterocycles. The SMILES string of the molecule is Clc1ccc(-c2noc(C[NH+]3CCN(c4ncccn4)CC3)n2)cc1. The lowest BCUT2D eigenvalue weighted by atomic mass is 10.2. The molecule has 1 fully saturated rings. The summed E-state index contributed by atoms with van der Waals surface area (Å²) in [6.45, 7) is 4.52. The van der Waals surface area contributed by atoms with E-state index < -0.39 is 0 Å². The summed E-state index contributed by atoms with van der Waals surface area (Å²) >= 11 is 5.91. The van der Waals surface area contributed by atoms with Crippen molar-refractivity contribution < 1.29 is 9.42 Å². The molecule has 1 aromatic carbocycles. The van der Waals surface area contributed by atoms with Crippen LogP contribution in [0.25, 0.3) is 11.4 Å². The van der Waals surface area contributed by atoms with Gasteiger partial charge in [-0.15, -0.1) is 0 Å². The van der Waals surface area contributed by atoms with Gasteiger partial charge in [0.2, 0.25) is 11.8 Å². The average Bonchev–Trinajstić information content (AvgIpc) is 3.12. The van der Waals surface area contributed by atoms with Crippen LogP contribution < -0.4 is 9.80 Å². The van der Waals surface area contributed by atoms with E-state index in [0.717, 1.165) is 44.2 Å². The number of rotatable bonds is 4. The van der Waals surface area contributed by atoms with Crippen molar-refractivity contribution in [2.24, 2.45) is 0 Å². The Labute approximate surface area is 150 Å². The fraction of sp³-hybridized carbons (Fsp3) is 0.294. The average molecular weight is 358 g/mol. The number of halogens is 1. The van der Waals surface area contributed by atoms with Gasteiger partial charge >= 0.3 is 0 Å². The lowest BCUT2D eigenvalue weighted by molar-refractivity contribution is -0.915. The van der Waals surface area contributed by atoms with Gasteiger partial charge in [-0.25, -0.2) is 9.97 Å². The van der Waals surface area contributed by atoms with Crippen molar-refractivity contribution in [2.45, 2.75) is 6.54 Å². The molecule has 0 amide bonds. The molecule has 4 rings (SSSR count). The van der Waals surface area contributed by atoms with Crippen LogP contribution in [0.3, 0.4) is 0 Å². The largest absolute Gasteiger partial charge is 0.333 e. The topological polar surface area (TPSA) is 72.4 Å². The Bertz CT molecular complexity index is 815. The first-order valence-electron chi connectivity index (χ1n) is 8.22. The number of anilines is 1. The highest BCUT2D eigenvalue weighted by atomic mass is 35.5. The van der Waals surface area contributed by atoms with Gasteiger partial charge in [0, 0.05) is 23.0 Å². The van der Waals surface area contributed by atoms with E-state index in [9.17, 15) is 0 Å². The standard InChI is InChI=1S/C17H17ClN6O/c18-14-4-2-13(3-5-14)16-21-15(25-22-16)12-23-8-10-24(11-9-23)17-19-6-1-7-20-17/h1-7H,8-12H2/p+1. The van der Waals surface area contributed by atoms with Gasteiger partial charge in [0.25, 0.3) is 5.89 Å². The van der Waals surface area contributed by atoms with Crippen LogP contribution in [0, 0.1) is 0 Å². The summed E-state index contributed by atoms with van der Waals surface area (Å²) in [5.41, 5.74) is 0.903. The number of piperazine rings is 1. The Morgan fingerprint density at radius 2 is 1.80 bits per heavy atom. The smallest absolute Gasteiger partial charge is 0.282 e. The molecule has 0 radical (unpaired) electrons. The minimum Gasteiger partial charge on any atom is -0.333 e. The third kappa shape index (κ3) is 3.78. The summed E-state index contributed by atoms with van der Waals surface area (Å²) in [4.78, 5) is 16.7. The third-order valence-electron chi connectivity index (χ3n) is 4.28. The highest BCUT2D eigenvalue weighted by molar-refractivity contribution is 6.30. The third-order valence-corrected chi connectivity index (χ3v) is 4.53. The lowest BCUT2D eigenvalue weighted by Crippen LogP contribution is -3.13. The summed E-state index contributed by atoms with van der Waals surface area (Å²) < 4.78 is 5.41. The van der Waals surface area contributed by atoms with E-state index in [0.29, 0.717) is 16.7 Å². The molecule has 0 unspecified atom stereocenters. The second kappa shape index (κ2) is 7.16. The van der Waals surface area contributed by atoms with Crippen molar-refractivity contribution in [1.82, 2.24) is 20.1 Å². The van der Waals surface area contributed by atoms with Crippen molar-refractivity contribution in [1.29, 1.82) is 0 Å². The number of nitrogens with one attached hydrogen (secondary N) is 1. The van der Waals surface area contributed by atoms with E-state index in [1.807, 2.05) is 30.3 Å². The molecule has 128 valence electrons. The molecule has 3 aromatic rings. The van der Waals surface area contributed by atoms with Gasteiger partial charge < -0.3 is 14.3 Å². The molecule has 0 bridgehead atoms. The fourth-order valence-electron chi connectivity index (χ4n) is 2.91. The zero-order valence-corrected chi connectivity index (χ0v) is 14.4. The molecular formula is C17H18ClN6O+. The summed E-state index contributed by atoms with van der Waals surface area (Å²) in [6.07, 6.45) is 3.55. The second-order valence-corrected chi connectivity index (χ2v) is 6.42. The van der Waals surface area contributed by atoms with E-state index in [1.54, 1.807) is 12.4 Å². The quantitative estimate of drug-likeness (QED) is 0.753. The first-order valence-corrected chi connectivity index (χ1v) is 8.60. The van der Waals surface area contributed by atoms with E-state index in [2.05, 4.69) is 25.0 Å². The van der Waals surface area contributed by atoms with Gasteiger partial charge in [-0.3, -0.25) is 0 Å². The molecule has 0 aliphatic carbocycles. The Hall–Kier alpha value is -2.51. The molecule has 25 heavy (non-hydrogen) atoms. The lowest BCUT2D eigenvalue weighted by Gasteiger charge is -2.31. The maximum absolute atomic E-state index is 5.91. The van der Waals surface area contributed by atoms with Crippen LogP contribution in [0.1, 0.15) is 5.89 Å². The van der Waals surface area contributed by atoms with Crippen LogP contribution >= 0.6 is 11.6 Å². The van der Waals surface area contributed by atoms with Crippen molar-refractivity contribution in [3.8, 4) is 11.4 Å². The Morgan fingerprint density at radius 1 is 1.08 bits per heavy atom. The van der Waals surface area contributed by atoms with Crippen LogP contribution in [0.15, 0.2) is 47.2 Å². The molecule has 0 saturated carbocycles. The molecule has 1 N–H and O–H groups in total. The summed E-state index contributed by atoms with van der Waals surface area (Å²) in [5, 5.41) is 4.76. The second-order valence-electron chi connectivity index (χ2n) is 5.98. The number of benzene rings is 1. The maximum atomic E-state index is 5.91. The minimum absolute atomic E-state index is 0.599. The summed E-state index contributed by atoms with van der Waals surface area (Å²) in [6, 6.07) is 9.26. The zero-order chi connectivity index (χ0) is 17.1. The summed E-state index contributed by atoms with van der Waals surface area (Å²) in [5.74, 6) is 2.05. The molecule has 2 aromatic heterocycles. The summed E-state index contributed by atoms with van der Waals surface area (Å²) in [7, 11) is 0. The molecule has 8 heteroatoms. The molecule has 7 nitrogen and oxygen atoms in total. The maximum Gasteiger partial charge on any atom is 0.282 e. The predicted molar refractivity (Wildman–Crippen MR) is 93.4 cm³/mol. The van der Waals surface area contributed by atoms with E-state index in [1.165, 1.54) is 4.90 Å². The monoisotopic (exact) mass is 357 g/mol. The number of quaternary nitrogens is 1. The van der Waals surface area contributed by atoms with Crippen molar-refractivity contribution >= 4 is 17.5 Å². The zero-order valence-electron chi connectivity index (χ0n) is 13.6. The van der Waals surface area contributed by atoms with Crippen LogP contribution in [0.4, 0.5) is 5.95 Å². The number of hydrogen-bond acceptors (Lipinski definition) is 6. The van der Waals surface area contributed by atoms with Crippen LogP contribution in [-0.2, 0) is 6.54 Å². The van der Waals surface area contributed by atoms with Gasteiger partial charge in [-0.2, -0.15) is 4.98 Å². The van der Waals surface area contributed by atoms with Crippen molar-refractivity contribution in [2.75, 3.05) is 31.1 Å². The molecule has 1 saturated heterocycles. The Kier molecular flexibility index (Phi) is 4.58. The van der Waals surface area contributed by atoms with E-state index in [4.69, 9.17) is 16.1 Å². The van der Waals surface area contributed by atoms with Gasteiger partial charge in [0.05, 0.1) is 26.2 Å². The van der Waals surface area contributed by atoms with Crippen molar-refractivity contribution in [3.63, 3.8) is 0 Å². The highest BCUT2D eigenvalue weighted by Crippen LogP contribution is 2.18. The normalized spacial score (nSPS) is 15.5. The minimum atomic E-state index is 0.599. The van der Waals surface area contributed by atoms with Gasteiger partial charge in [0.15, 0.2) is 6.54 Å². The number of nitrogens with zero attached hydrogens (tertiary/aromatic N) is 5. The molecular weight excluding hydrogens is 340 g/mol. The van der Waals surface area contributed by atoms with Crippen molar-refractivity contribution in [3.05, 3.63) is 53.6 Å². The van der Waals surface area contributed by atoms with E-state index in [-0.39, 0.29) is 0 Å². The first-order chi connectivity index (χ1) is 12.3. The van der Waals surface area contributed by atoms with Crippen LogP contribution in [-0.4, -0.2) is 46.3 Å². The van der Waals surface area contributed by atoms with E-state index >= 15 is 0 Å². The molecule has 0 spiro atoms. The van der Waals surface area contributed by atoms with Gasteiger partial charge in [-0.05, 0) is 30.3 Å². The number of hydrogen-bond donors (Lipinski definition) is 1. The fourth-order valence-corrected chi connectivity index (χ4v) is 3.04. The van der Waals surface area contributed by atoms with Gasteiger partial charge in [-0.1, -0.05) is 16.8 Å². The Balaban J connectivity index is 1.35. The van der Waals surface area contributed by atoms with Crippen LogP contribution in [0.5, 0.6) is 0 Å². The molecule has 0 atom stereocenters. The highest BCUT2D eigenvalue weighted by Gasteiger charge is 2.23. The molecule has 1 aliphatic rings. The first kappa shape index (κ1) is 16.0. The Morgan fingerprint density at radius 3 is 2.52 bits per heavy atom. The van der Waals surface area contributed by atoms with Gasteiger partial charge in [0.1, 0.15) is 0 Å². The number of aromatic nitrogens is 4. The predicted octanol–water partition coefficient (Wildman–Crippen LogP) is 1.09.